The molecule has 1 aromatic rings. The first-order valence-corrected chi connectivity index (χ1v) is 8.99. The molecule has 0 aromatic carbocycles. The van der Waals surface area contributed by atoms with Crippen LogP contribution in [0.4, 0.5) is 19.2 Å². The van der Waals surface area contributed by atoms with Crippen molar-refractivity contribution in [2.75, 3.05) is 18.0 Å². The molecular weight excluding hydrogens is 389 g/mol. The Morgan fingerprint density at radius 3 is 2.15 bits per heavy atom. The van der Waals surface area contributed by atoms with Crippen LogP contribution >= 0.6 is 12.4 Å². The van der Waals surface area contributed by atoms with Crippen LogP contribution in [0.2, 0.25) is 0 Å². The lowest BCUT2D eigenvalue weighted by Gasteiger charge is -2.44. The van der Waals surface area contributed by atoms with Gasteiger partial charge in [0.05, 0.1) is 5.92 Å². The highest BCUT2D eigenvalue weighted by atomic mass is 35.5. The molecule has 0 spiro atoms. The van der Waals surface area contributed by atoms with Gasteiger partial charge < -0.3 is 19.4 Å². The molecule has 0 aliphatic carbocycles. The summed E-state index contributed by atoms with van der Waals surface area (Å²) in [5.41, 5.74) is 0. The third kappa shape index (κ3) is 3.87. The number of hydrogen-bond donors (Lipinski definition) is 1. The molecule has 0 amide bonds. The van der Waals surface area contributed by atoms with Crippen molar-refractivity contribution in [2.24, 2.45) is 5.92 Å². The van der Waals surface area contributed by atoms with Crippen LogP contribution in [0.25, 0.3) is 0 Å². The van der Waals surface area contributed by atoms with Gasteiger partial charge in [0, 0.05) is 18.1 Å². The second kappa shape index (κ2) is 7.46. The number of fused-ring (bicyclic) bond motifs is 2. The number of hydrogen-bond acceptors (Lipinski definition) is 6. The van der Waals surface area contributed by atoms with Gasteiger partial charge in [-0.25, -0.2) is 0 Å². The SMILES string of the molecule is Cl.O=C(O)C1CCN(C2C[C@H]3CC[C@@H](C2)N3c2nc(C(F)(F)F)no2)CC1. The molecule has 3 aliphatic heterocycles. The Hall–Kier alpha value is -1.55. The van der Waals surface area contributed by atoms with E-state index >= 15 is 0 Å². The van der Waals surface area contributed by atoms with E-state index in [4.69, 9.17) is 9.63 Å². The quantitative estimate of drug-likeness (QED) is 0.820. The molecule has 1 unspecified atom stereocenters. The van der Waals surface area contributed by atoms with Crippen molar-refractivity contribution in [1.29, 1.82) is 0 Å². The van der Waals surface area contributed by atoms with Crippen molar-refractivity contribution in [3.63, 3.8) is 0 Å². The lowest BCUT2D eigenvalue weighted by atomic mass is 9.91. The predicted molar refractivity (Wildman–Crippen MR) is 90.8 cm³/mol. The number of aromatic nitrogens is 2. The van der Waals surface area contributed by atoms with Gasteiger partial charge in [-0.3, -0.25) is 4.79 Å². The van der Waals surface area contributed by atoms with Gasteiger partial charge in [-0.2, -0.15) is 18.2 Å². The number of nitrogens with zero attached hydrogens (tertiary/aromatic N) is 4. The van der Waals surface area contributed by atoms with Crippen molar-refractivity contribution in [3.8, 4) is 0 Å². The van der Waals surface area contributed by atoms with E-state index in [-0.39, 0.29) is 36.4 Å². The highest BCUT2D eigenvalue weighted by molar-refractivity contribution is 5.85. The number of anilines is 1. The summed E-state index contributed by atoms with van der Waals surface area (Å²) in [5, 5.41) is 12.2. The molecule has 152 valence electrons. The van der Waals surface area contributed by atoms with E-state index in [0.717, 1.165) is 38.8 Å². The maximum atomic E-state index is 12.7. The number of rotatable bonds is 3. The molecule has 27 heavy (non-hydrogen) atoms. The van der Waals surface area contributed by atoms with Gasteiger partial charge in [0.25, 0.3) is 5.82 Å². The second-order valence-corrected chi connectivity index (χ2v) is 7.46. The molecule has 0 radical (unpaired) electrons. The first kappa shape index (κ1) is 20.2. The summed E-state index contributed by atoms with van der Waals surface area (Å²) in [4.78, 5) is 18.9. The Bertz CT molecular complexity index is 664. The van der Waals surface area contributed by atoms with Crippen molar-refractivity contribution in [2.45, 2.75) is 62.8 Å². The Morgan fingerprint density at radius 2 is 1.67 bits per heavy atom. The Morgan fingerprint density at radius 1 is 1.07 bits per heavy atom. The van der Waals surface area contributed by atoms with Crippen LogP contribution in [0.15, 0.2) is 4.52 Å². The molecule has 3 aliphatic rings. The number of carboxylic acid groups (broad SMARTS) is 1. The van der Waals surface area contributed by atoms with Crippen molar-refractivity contribution in [1.82, 2.24) is 15.0 Å². The predicted octanol–water partition coefficient (Wildman–Crippen LogP) is 2.81. The van der Waals surface area contributed by atoms with Crippen molar-refractivity contribution >= 4 is 24.4 Å². The van der Waals surface area contributed by atoms with E-state index in [1.165, 1.54) is 0 Å². The summed E-state index contributed by atoms with van der Waals surface area (Å²) in [6.45, 7) is 1.53. The zero-order valence-electron chi connectivity index (χ0n) is 14.6. The maximum absolute atomic E-state index is 12.7. The van der Waals surface area contributed by atoms with Crippen LogP contribution in [0.5, 0.6) is 0 Å². The highest BCUT2D eigenvalue weighted by Crippen LogP contribution is 2.41. The minimum absolute atomic E-state index is 0. The highest BCUT2D eigenvalue weighted by Gasteiger charge is 2.46. The molecule has 1 N–H and O–H groups in total. The van der Waals surface area contributed by atoms with Crippen LogP contribution in [-0.2, 0) is 11.0 Å². The van der Waals surface area contributed by atoms with E-state index in [1.54, 1.807) is 0 Å². The van der Waals surface area contributed by atoms with Crippen LogP contribution in [-0.4, -0.2) is 57.3 Å². The number of aliphatic carboxylic acids is 1. The van der Waals surface area contributed by atoms with Crippen LogP contribution in [0, 0.1) is 5.92 Å². The zero-order valence-corrected chi connectivity index (χ0v) is 15.4. The first-order valence-electron chi connectivity index (χ1n) is 8.99. The largest absolute Gasteiger partial charge is 0.481 e. The summed E-state index contributed by atoms with van der Waals surface area (Å²) in [7, 11) is 0. The van der Waals surface area contributed by atoms with Crippen molar-refractivity contribution < 1.29 is 27.6 Å². The van der Waals surface area contributed by atoms with Crippen LogP contribution in [0.3, 0.4) is 0 Å². The molecule has 1 aromatic heterocycles. The Kier molecular flexibility index (Phi) is 5.58. The summed E-state index contributed by atoms with van der Waals surface area (Å²) in [5.74, 6) is -2.22. The van der Waals surface area contributed by atoms with E-state index in [9.17, 15) is 18.0 Å². The minimum atomic E-state index is -4.60. The summed E-state index contributed by atoms with van der Waals surface area (Å²) in [6.07, 6.45) is 0.170. The van der Waals surface area contributed by atoms with Crippen LogP contribution in [0.1, 0.15) is 44.3 Å². The average molecular weight is 411 g/mol. The lowest BCUT2D eigenvalue weighted by Crippen LogP contribution is -2.52. The van der Waals surface area contributed by atoms with Gasteiger partial charge >= 0.3 is 18.2 Å². The molecule has 3 saturated heterocycles. The molecule has 7 nitrogen and oxygen atoms in total. The monoisotopic (exact) mass is 410 g/mol. The Balaban J connectivity index is 0.00000210. The number of piperidine rings is 2. The number of carboxylic acids is 1. The second-order valence-electron chi connectivity index (χ2n) is 7.46. The molecule has 4 rings (SSSR count). The molecule has 3 fully saturated rings. The normalized spacial score (nSPS) is 29.6. The third-order valence-corrected chi connectivity index (χ3v) is 5.99. The third-order valence-electron chi connectivity index (χ3n) is 5.99. The fourth-order valence-corrected chi connectivity index (χ4v) is 4.71. The molecule has 2 bridgehead atoms. The summed E-state index contributed by atoms with van der Waals surface area (Å²) < 4.78 is 43.1. The Labute approximate surface area is 160 Å². The van der Waals surface area contributed by atoms with Gasteiger partial charge in [0.2, 0.25) is 0 Å². The van der Waals surface area contributed by atoms with Gasteiger partial charge in [0.1, 0.15) is 0 Å². The summed E-state index contributed by atoms with van der Waals surface area (Å²) >= 11 is 0. The number of carbonyl (C=O) groups is 1. The number of likely N-dealkylation sites (tertiary alicyclic amines) is 1. The number of alkyl halides is 3. The molecule has 3 atom stereocenters. The van der Waals surface area contributed by atoms with Gasteiger partial charge in [-0.05, 0) is 56.8 Å². The summed E-state index contributed by atoms with van der Waals surface area (Å²) in [6, 6.07) is 0.492. The zero-order chi connectivity index (χ0) is 18.5. The van der Waals surface area contributed by atoms with E-state index < -0.39 is 18.0 Å². The minimum Gasteiger partial charge on any atom is -0.481 e. The molecule has 11 heteroatoms. The fourth-order valence-electron chi connectivity index (χ4n) is 4.71. The average Bonchev–Trinajstić information content (AvgIpc) is 3.17. The molecule has 4 heterocycles. The van der Waals surface area contributed by atoms with E-state index in [1.807, 2.05) is 4.90 Å². The topological polar surface area (TPSA) is 82.7 Å². The maximum Gasteiger partial charge on any atom is 0.455 e. The standard InChI is InChI=1S/C16H21F3N4O3.ClH/c17-16(18,19)14-20-15(26-21-14)23-10-1-2-11(23)8-12(7-10)22-5-3-9(4-6-22)13(24)25;/h9-12H,1-8H2,(H,24,25);1H/t10-,11+,12?;. The first-order chi connectivity index (χ1) is 12.3. The lowest BCUT2D eigenvalue weighted by molar-refractivity contribution is -0.146. The number of halogens is 4. The van der Waals surface area contributed by atoms with E-state index in [0.29, 0.717) is 18.9 Å². The smallest absolute Gasteiger partial charge is 0.455 e. The molecular formula is C16H22ClF3N4O3. The fraction of sp³-hybridized carbons (Fsp3) is 0.812. The van der Waals surface area contributed by atoms with Crippen LogP contribution < -0.4 is 4.90 Å². The van der Waals surface area contributed by atoms with Gasteiger partial charge in [-0.15, -0.1) is 12.4 Å². The van der Waals surface area contributed by atoms with Gasteiger partial charge in [0.15, 0.2) is 0 Å². The van der Waals surface area contributed by atoms with Gasteiger partial charge in [-0.1, -0.05) is 0 Å². The van der Waals surface area contributed by atoms with Crippen molar-refractivity contribution in [3.05, 3.63) is 5.82 Å². The molecule has 0 saturated carbocycles. The van der Waals surface area contributed by atoms with E-state index in [2.05, 4.69) is 15.0 Å².